The number of hydrogen-bond acceptors (Lipinski definition) is 5. The van der Waals surface area contributed by atoms with Gasteiger partial charge in [0.2, 0.25) is 0 Å². The van der Waals surface area contributed by atoms with Crippen LogP contribution in [-0.4, -0.2) is 19.9 Å². The summed E-state index contributed by atoms with van der Waals surface area (Å²) < 4.78 is 0. The quantitative estimate of drug-likeness (QED) is 0.161. The number of rotatable bonds is 7. The van der Waals surface area contributed by atoms with E-state index in [-0.39, 0.29) is 0 Å². The van der Waals surface area contributed by atoms with Crippen LogP contribution in [0.5, 0.6) is 0 Å². The van der Waals surface area contributed by atoms with E-state index in [1.54, 1.807) is 0 Å². The van der Waals surface area contributed by atoms with Crippen molar-refractivity contribution in [3.05, 3.63) is 218 Å². The summed E-state index contributed by atoms with van der Waals surface area (Å²) in [5.41, 5.74) is 14.5. The Kier molecular flexibility index (Phi) is 9.15. The summed E-state index contributed by atoms with van der Waals surface area (Å²) in [4.78, 5) is 21.0. The molecule has 0 saturated carbocycles. The Hall–Kier alpha value is -8.59. The van der Waals surface area contributed by atoms with Gasteiger partial charge in [0.25, 0.3) is 0 Å². The van der Waals surface area contributed by atoms with Crippen LogP contribution in [0, 0.1) is 11.3 Å². The van der Waals surface area contributed by atoms with Crippen molar-refractivity contribution in [2.45, 2.75) is 0 Å². The number of aromatic nitrogens is 4. The minimum Gasteiger partial charge on any atom is -0.228 e. The second-order valence-electron chi connectivity index (χ2n) is 15.3. The van der Waals surface area contributed by atoms with Crippen molar-refractivity contribution in [1.82, 2.24) is 19.9 Å². The molecule has 62 heavy (non-hydrogen) atoms. The third kappa shape index (κ3) is 6.72. The van der Waals surface area contributed by atoms with Crippen molar-refractivity contribution in [2.24, 2.45) is 0 Å². The average Bonchev–Trinajstić information content (AvgIpc) is 3.36. The standard InChI is InChI=1S/C57H35N5/c58-36-37-23-25-38(26-24-37)39-27-29-40(30-28-39)46-31-32-47(49-18-8-7-17-48(46)49)43-33-44(56-59-52-21-11-9-19-50(52)54(61-56)41-13-3-1-4-14-41)35-45(34-43)57-60-53-22-12-10-20-51(53)55(62-57)42-15-5-2-6-16-42/h1-35H. The second kappa shape index (κ2) is 15.5. The maximum absolute atomic E-state index is 9.28. The molecule has 5 heteroatoms. The van der Waals surface area contributed by atoms with Gasteiger partial charge in [0.1, 0.15) is 0 Å². The topological polar surface area (TPSA) is 75.3 Å². The summed E-state index contributed by atoms with van der Waals surface area (Å²) in [6.45, 7) is 0. The van der Waals surface area contributed by atoms with Crippen molar-refractivity contribution in [3.63, 3.8) is 0 Å². The lowest BCUT2D eigenvalue weighted by atomic mass is 9.90. The van der Waals surface area contributed by atoms with E-state index in [4.69, 9.17) is 19.9 Å². The van der Waals surface area contributed by atoms with Gasteiger partial charge in [-0.1, -0.05) is 170 Å². The van der Waals surface area contributed by atoms with Crippen molar-refractivity contribution in [1.29, 1.82) is 5.26 Å². The first kappa shape index (κ1) is 36.5. The molecule has 0 amide bonds. The first-order valence-electron chi connectivity index (χ1n) is 20.6. The monoisotopic (exact) mass is 789 g/mol. The van der Waals surface area contributed by atoms with Crippen LogP contribution in [0.3, 0.4) is 0 Å². The molecule has 0 spiro atoms. The highest BCUT2D eigenvalue weighted by molar-refractivity contribution is 6.06. The van der Waals surface area contributed by atoms with E-state index in [1.165, 1.54) is 0 Å². The SMILES string of the molecule is N#Cc1ccc(-c2ccc(-c3ccc(-c4cc(-c5nc(-c6ccccc6)c6ccccc6n5)cc(-c5nc(-c6ccccc6)c6ccccc6n5)c4)c4ccccc34)cc2)cc1. The summed E-state index contributed by atoms with van der Waals surface area (Å²) in [5.74, 6) is 1.25. The molecule has 5 nitrogen and oxygen atoms in total. The number of benzene rings is 9. The van der Waals surface area contributed by atoms with Crippen LogP contribution in [0.25, 0.3) is 111 Å². The minimum atomic E-state index is 0.623. The highest BCUT2D eigenvalue weighted by Crippen LogP contribution is 2.40. The lowest BCUT2D eigenvalue weighted by Crippen LogP contribution is -1.98. The number of hydrogen-bond donors (Lipinski definition) is 0. The molecule has 9 aromatic carbocycles. The molecule has 0 aliphatic heterocycles. The van der Waals surface area contributed by atoms with Crippen LogP contribution in [0.4, 0.5) is 0 Å². The molecule has 0 radical (unpaired) electrons. The highest BCUT2D eigenvalue weighted by Gasteiger charge is 2.18. The molecule has 0 atom stereocenters. The zero-order chi connectivity index (χ0) is 41.4. The first-order valence-corrected chi connectivity index (χ1v) is 20.6. The molecule has 0 unspecified atom stereocenters. The fourth-order valence-corrected chi connectivity index (χ4v) is 8.47. The number of para-hydroxylation sites is 2. The molecule has 2 heterocycles. The zero-order valence-corrected chi connectivity index (χ0v) is 33.4. The van der Waals surface area contributed by atoms with E-state index >= 15 is 0 Å². The molecule has 0 fully saturated rings. The van der Waals surface area contributed by atoms with E-state index in [2.05, 4.69) is 133 Å². The van der Waals surface area contributed by atoms with Gasteiger partial charge in [0.15, 0.2) is 11.6 Å². The second-order valence-corrected chi connectivity index (χ2v) is 15.3. The first-order chi connectivity index (χ1) is 30.7. The van der Waals surface area contributed by atoms with Crippen LogP contribution in [0.2, 0.25) is 0 Å². The number of nitrogens with zero attached hydrogens (tertiary/aromatic N) is 5. The van der Waals surface area contributed by atoms with Gasteiger partial charge >= 0.3 is 0 Å². The van der Waals surface area contributed by atoms with Crippen molar-refractivity contribution in [3.8, 4) is 84.7 Å². The Morgan fingerprint density at radius 2 is 0.677 bits per heavy atom. The van der Waals surface area contributed by atoms with E-state index < -0.39 is 0 Å². The Balaban J connectivity index is 1.11. The van der Waals surface area contributed by atoms with E-state index in [0.717, 1.165) is 99.6 Å². The maximum Gasteiger partial charge on any atom is 0.160 e. The van der Waals surface area contributed by atoms with Gasteiger partial charge in [-0.2, -0.15) is 5.26 Å². The molecule has 288 valence electrons. The Labute approximate surface area is 359 Å². The van der Waals surface area contributed by atoms with E-state index in [0.29, 0.717) is 17.2 Å². The van der Waals surface area contributed by atoms with Crippen LogP contribution in [0.1, 0.15) is 5.56 Å². The van der Waals surface area contributed by atoms with Crippen LogP contribution in [0.15, 0.2) is 212 Å². The highest BCUT2D eigenvalue weighted by atomic mass is 14.9. The summed E-state index contributed by atoms with van der Waals surface area (Å²) in [5, 5.41) is 13.5. The lowest BCUT2D eigenvalue weighted by molar-refractivity contribution is 1.21. The summed E-state index contributed by atoms with van der Waals surface area (Å²) >= 11 is 0. The molecule has 11 aromatic rings. The third-order valence-electron chi connectivity index (χ3n) is 11.5. The predicted octanol–water partition coefficient (Wildman–Crippen LogP) is 14.3. The third-order valence-corrected chi connectivity index (χ3v) is 11.5. The van der Waals surface area contributed by atoms with Crippen molar-refractivity contribution >= 4 is 32.6 Å². The summed E-state index contributed by atoms with van der Waals surface area (Å²) in [7, 11) is 0. The van der Waals surface area contributed by atoms with E-state index in [1.807, 2.05) is 84.9 Å². The molecule has 0 saturated heterocycles. The molecule has 2 aromatic heterocycles. The summed E-state index contributed by atoms with van der Waals surface area (Å²) in [6.07, 6.45) is 0. The van der Waals surface area contributed by atoms with Crippen LogP contribution < -0.4 is 0 Å². The largest absolute Gasteiger partial charge is 0.228 e. The van der Waals surface area contributed by atoms with Gasteiger partial charge in [0, 0.05) is 33.0 Å². The van der Waals surface area contributed by atoms with Gasteiger partial charge in [0.05, 0.1) is 34.1 Å². The smallest absolute Gasteiger partial charge is 0.160 e. The van der Waals surface area contributed by atoms with Gasteiger partial charge in [-0.15, -0.1) is 0 Å². The fourth-order valence-electron chi connectivity index (χ4n) is 8.47. The molecule has 0 aliphatic carbocycles. The molecule has 11 rings (SSSR count). The molecule has 0 aliphatic rings. The minimum absolute atomic E-state index is 0.623. The Morgan fingerprint density at radius 1 is 0.290 bits per heavy atom. The average molecular weight is 790 g/mol. The van der Waals surface area contributed by atoms with Gasteiger partial charge in [-0.3, -0.25) is 0 Å². The number of nitriles is 1. The van der Waals surface area contributed by atoms with E-state index in [9.17, 15) is 5.26 Å². The fraction of sp³-hybridized carbons (Fsp3) is 0. The normalized spacial score (nSPS) is 11.2. The molecular formula is C57H35N5. The van der Waals surface area contributed by atoms with Gasteiger partial charge in [-0.05, 0) is 86.6 Å². The Bertz CT molecular complexity index is 3360. The Morgan fingerprint density at radius 3 is 1.16 bits per heavy atom. The van der Waals surface area contributed by atoms with Gasteiger partial charge in [-0.25, -0.2) is 19.9 Å². The summed E-state index contributed by atoms with van der Waals surface area (Å²) in [6, 6.07) is 75.2. The number of fused-ring (bicyclic) bond motifs is 3. The van der Waals surface area contributed by atoms with Crippen LogP contribution in [-0.2, 0) is 0 Å². The molecular weight excluding hydrogens is 755 g/mol. The molecule has 0 bridgehead atoms. The van der Waals surface area contributed by atoms with Gasteiger partial charge < -0.3 is 0 Å². The molecule has 0 N–H and O–H groups in total. The van der Waals surface area contributed by atoms with Crippen molar-refractivity contribution < 1.29 is 0 Å². The zero-order valence-electron chi connectivity index (χ0n) is 33.4. The maximum atomic E-state index is 9.28. The van der Waals surface area contributed by atoms with Crippen molar-refractivity contribution in [2.75, 3.05) is 0 Å². The van der Waals surface area contributed by atoms with Crippen LogP contribution >= 0.6 is 0 Å². The predicted molar refractivity (Wildman–Crippen MR) is 253 cm³/mol. The lowest BCUT2D eigenvalue weighted by Gasteiger charge is -2.16.